The minimum Gasteiger partial charge on any atom is -0.374 e. The van der Waals surface area contributed by atoms with Gasteiger partial charge in [0.15, 0.2) is 0 Å². The lowest BCUT2D eigenvalue weighted by molar-refractivity contribution is -0.0988. The van der Waals surface area contributed by atoms with Crippen molar-refractivity contribution in [3.63, 3.8) is 0 Å². The van der Waals surface area contributed by atoms with Gasteiger partial charge in [-0.05, 0) is 51.6 Å². The molecule has 3 atom stereocenters. The summed E-state index contributed by atoms with van der Waals surface area (Å²) in [5.41, 5.74) is 2.73. The Balaban J connectivity index is 2.17. The van der Waals surface area contributed by atoms with E-state index in [1.165, 1.54) is 36.8 Å². The molecule has 118 valence electrons. The summed E-state index contributed by atoms with van der Waals surface area (Å²) < 4.78 is 6.33. The Morgan fingerprint density at radius 1 is 1.33 bits per heavy atom. The summed E-state index contributed by atoms with van der Waals surface area (Å²) in [5, 5.41) is 3.56. The Labute approximate surface area is 130 Å². The van der Waals surface area contributed by atoms with Crippen LogP contribution in [-0.4, -0.2) is 25.3 Å². The first kappa shape index (κ1) is 16.5. The van der Waals surface area contributed by atoms with Gasteiger partial charge < -0.3 is 10.1 Å². The van der Waals surface area contributed by atoms with Gasteiger partial charge in [0.05, 0.1) is 5.60 Å². The van der Waals surface area contributed by atoms with Gasteiger partial charge in [0.2, 0.25) is 0 Å². The van der Waals surface area contributed by atoms with E-state index in [1.54, 1.807) is 0 Å². The molecule has 2 rings (SSSR count). The van der Waals surface area contributed by atoms with E-state index in [1.807, 2.05) is 0 Å². The third-order valence-electron chi connectivity index (χ3n) is 4.97. The zero-order valence-corrected chi connectivity index (χ0v) is 14.1. The van der Waals surface area contributed by atoms with Crippen LogP contribution in [0.15, 0.2) is 24.3 Å². The Bertz CT molecular complexity index is 424. The molecule has 21 heavy (non-hydrogen) atoms. The maximum atomic E-state index is 6.33. The second-order valence-corrected chi connectivity index (χ2v) is 6.73. The van der Waals surface area contributed by atoms with Gasteiger partial charge in [0.1, 0.15) is 0 Å². The van der Waals surface area contributed by atoms with Crippen molar-refractivity contribution in [3.8, 4) is 0 Å². The molecule has 0 aromatic heterocycles. The van der Waals surface area contributed by atoms with E-state index >= 15 is 0 Å². The van der Waals surface area contributed by atoms with Crippen LogP contribution in [0.1, 0.15) is 50.7 Å². The quantitative estimate of drug-likeness (QED) is 0.851. The molecule has 2 heteroatoms. The van der Waals surface area contributed by atoms with E-state index < -0.39 is 0 Å². The van der Waals surface area contributed by atoms with Gasteiger partial charge in [-0.2, -0.15) is 0 Å². The highest BCUT2D eigenvalue weighted by atomic mass is 16.5. The van der Waals surface area contributed by atoms with E-state index in [0.29, 0.717) is 6.04 Å². The Morgan fingerprint density at radius 2 is 2.05 bits per heavy atom. The van der Waals surface area contributed by atoms with Crippen LogP contribution >= 0.6 is 0 Å². The van der Waals surface area contributed by atoms with Crippen LogP contribution in [0.3, 0.4) is 0 Å². The van der Waals surface area contributed by atoms with E-state index in [4.69, 9.17) is 4.74 Å². The average Bonchev–Trinajstić information content (AvgIpc) is 2.47. The minimum atomic E-state index is 0.00600. The largest absolute Gasteiger partial charge is 0.374 e. The topological polar surface area (TPSA) is 21.3 Å². The fraction of sp³-hybridized carbons (Fsp3) is 0.684. The monoisotopic (exact) mass is 289 g/mol. The molecular formula is C19H31NO. The number of rotatable bonds is 6. The lowest BCUT2D eigenvalue weighted by atomic mass is 9.73. The molecule has 2 nitrogen and oxygen atoms in total. The number of ether oxygens (including phenoxy) is 1. The van der Waals surface area contributed by atoms with Crippen LogP contribution in [0.2, 0.25) is 0 Å². The fourth-order valence-corrected chi connectivity index (χ4v) is 3.89. The average molecular weight is 289 g/mol. The van der Waals surface area contributed by atoms with Crippen molar-refractivity contribution in [2.24, 2.45) is 5.92 Å². The zero-order chi connectivity index (χ0) is 15.3. The van der Waals surface area contributed by atoms with Gasteiger partial charge in [-0.3, -0.25) is 0 Å². The van der Waals surface area contributed by atoms with Crippen molar-refractivity contribution < 1.29 is 4.74 Å². The van der Waals surface area contributed by atoms with Crippen LogP contribution < -0.4 is 5.32 Å². The van der Waals surface area contributed by atoms with E-state index in [2.05, 4.69) is 57.4 Å². The van der Waals surface area contributed by atoms with Crippen molar-refractivity contribution in [2.45, 2.75) is 64.5 Å². The molecule has 0 aliphatic heterocycles. The van der Waals surface area contributed by atoms with E-state index in [-0.39, 0.29) is 5.60 Å². The predicted molar refractivity (Wildman–Crippen MR) is 89.7 cm³/mol. The predicted octanol–water partition coefficient (Wildman–Crippen LogP) is 4.11. The highest BCUT2D eigenvalue weighted by Gasteiger charge is 2.41. The molecule has 0 spiro atoms. The summed E-state index contributed by atoms with van der Waals surface area (Å²) in [7, 11) is 2.08. The molecule has 1 aliphatic carbocycles. The van der Waals surface area contributed by atoms with Crippen LogP contribution in [0, 0.1) is 12.8 Å². The highest BCUT2D eigenvalue weighted by Crippen LogP contribution is 2.38. The van der Waals surface area contributed by atoms with Crippen molar-refractivity contribution in [1.29, 1.82) is 0 Å². The van der Waals surface area contributed by atoms with Crippen molar-refractivity contribution in [2.75, 3.05) is 13.7 Å². The minimum absolute atomic E-state index is 0.00600. The van der Waals surface area contributed by atoms with Gasteiger partial charge in [-0.1, -0.05) is 49.6 Å². The molecule has 0 bridgehead atoms. The molecule has 0 saturated heterocycles. The number of hydrogen-bond acceptors (Lipinski definition) is 2. The Morgan fingerprint density at radius 3 is 2.62 bits per heavy atom. The molecule has 0 radical (unpaired) electrons. The van der Waals surface area contributed by atoms with Crippen LogP contribution in [0.5, 0.6) is 0 Å². The number of hydrogen-bond donors (Lipinski definition) is 1. The van der Waals surface area contributed by atoms with Gasteiger partial charge in [-0.25, -0.2) is 0 Å². The molecule has 1 aliphatic rings. The smallest absolute Gasteiger partial charge is 0.0840 e. The van der Waals surface area contributed by atoms with Crippen LogP contribution in [0.4, 0.5) is 0 Å². The van der Waals surface area contributed by atoms with Crippen LogP contribution in [0.25, 0.3) is 0 Å². The van der Waals surface area contributed by atoms with Crippen molar-refractivity contribution >= 4 is 0 Å². The second-order valence-electron chi connectivity index (χ2n) is 6.73. The molecular weight excluding hydrogens is 258 g/mol. The SMILES string of the molecule is CCOC1(C(Cc2ccc(C)cc2)NC)CCCC(C)C1. The van der Waals surface area contributed by atoms with Gasteiger partial charge in [0.25, 0.3) is 0 Å². The van der Waals surface area contributed by atoms with E-state index in [9.17, 15) is 0 Å². The second kappa shape index (κ2) is 7.42. The lowest BCUT2D eigenvalue weighted by Gasteiger charge is -2.45. The van der Waals surface area contributed by atoms with E-state index in [0.717, 1.165) is 18.9 Å². The third kappa shape index (κ3) is 4.08. The third-order valence-corrected chi connectivity index (χ3v) is 4.97. The first-order valence-electron chi connectivity index (χ1n) is 8.46. The summed E-state index contributed by atoms with van der Waals surface area (Å²) in [5.74, 6) is 0.763. The summed E-state index contributed by atoms with van der Waals surface area (Å²) in [6.45, 7) is 7.44. The first-order chi connectivity index (χ1) is 10.1. The van der Waals surface area contributed by atoms with Gasteiger partial charge >= 0.3 is 0 Å². The zero-order valence-electron chi connectivity index (χ0n) is 14.1. The lowest BCUT2D eigenvalue weighted by Crippen LogP contribution is -2.55. The maximum Gasteiger partial charge on any atom is 0.0840 e. The number of likely N-dealkylation sites (N-methyl/N-ethyl adjacent to an activating group) is 1. The summed E-state index contributed by atoms with van der Waals surface area (Å²) >= 11 is 0. The molecule has 1 saturated carbocycles. The molecule has 1 N–H and O–H groups in total. The fourth-order valence-electron chi connectivity index (χ4n) is 3.89. The number of aryl methyl sites for hydroxylation is 1. The number of nitrogens with one attached hydrogen (secondary N) is 1. The normalized spacial score (nSPS) is 27.5. The molecule has 1 aromatic rings. The molecule has 3 unspecified atom stereocenters. The van der Waals surface area contributed by atoms with Crippen molar-refractivity contribution in [1.82, 2.24) is 5.32 Å². The number of benzene rings is 1. The summed E-state index contributed by atoms with van der Waals surface area (Å²) in [4.78, 5) is 0. The molecule has 1 fully saturated rings. The maximum absolute atomic E-state index is 6.33. The van der Waals surface area contributed by atoms with Gasteiger partial charge in [0, 0.05) is 12.6 Å². The summed E-state index contributed by atoms with van der Waals surface area (Å²) in [6.07, 6.45) is 6.04. The molecule has 0 amide bonds. The molecule has 1 aromatic carbocycles. The highest BCUT2D eigenvalue weighted by molar-refractivity contribution is 5.23. The van der Waals surface area contributed by atoms with Gasteiger partial charge in [-0.15, -0.1) is 0 Å². The standard InChI is InChI=1S/C19H31NO/c1-5-21-19(12-6-7-16(3)14-19)18(20-4)13-17-10-8-15(2)9-11-17/h8-11,16,18,20H,5-7,12-14H2,1-4H3. The summed E-state index contributed by atoms with van der Waals surface area (Å²) in [6, 6.07) is 9.32. The van der Waals surface area contributed by atoms with Crippen molar-refractivity contribution in [3.05, 3.63) is 35.4 Å². The Hall–Kier alpha value is -0.860. The Kier molecular flexibility index (Phi) is 5.83. The first-order valence-corrected chi connectivity index (χ1v) is 8.46. The van der Waals surface area contributed by atoms with Crippen LogP contribution in [-0.2, 0) is 11.2 Å². The molecule has 0 heterocycles.